The molecule has 0 atom stereocenters. The summed E-state index contributed by atoms with van der Waals surface area (Å²) < 4.78 is 26.3. The van der Waals surface area contributed by atoms with Crippen molar-refractivity contribution in [3.8, 4) is 0 Å². The molecule has 6 heteroatoms. The van der Waals surface area contributed by atoms with Crippen LogP contribution in [-0.4, -0.2) is 38.6 Å². The molecule has 0 bridgehead atoms. The van der Waals surface area contributed by atoms with E-state index in [-0.39, 0.29) is 12.5 Å². The van der Waals surface area contributed by atoms with Gasteiger partial charge in [-0.1, -0.05) is 60.7 Å². The summed E-state index contributed by atoms with van der Waals surface area (Å²) in [6.45, 7) is 0.917. The molecule has 0 fully saturated rings. The Morgan fingerprint density at radius 3 is 2.43 bits per heavy atom. The first-order valence-electron chi connectivity index (χ1n) is 9.23. The number of hydrogen-bond acceptors (Lipinski definition) is 3. The fraction of sp³-hybridized carbons (Fsp3) is 0.227. The molecule has 1 amide bonds. The topological polar surface area (TPSA) is 57.7 Å². The largest absolute Gasteiger partial charge is 0.336 e. The molecule has 0 unspecified atom stereocenters. The molecular formula is C22H22N2O3S. The molecule has 144 valence electrons. The van der Waals surface area contributed by atoms with Crippen molar-refractivity contribution >= 4 is 32.4 Å². The predicted molar refractivity (Wildman–Crippen MR) is 112 cm³/mol. The third kappa shape index (κ3) is 3.60. The number of anilines is 1. The zero-order chi connectivity index (χ0) is 19.7. The summed E-state index contributed by atoms with van der Waals surface area (Å²) >= 11 is 0. The number of nitrogens with zero attached hydrogens (tertiary/aromatic N) is 2. The lowest BCUT2D eigenvalue weighted by atomic mass is 10.00. The van der Waals surface area contributed by atoms with Gasteiger partial charge in [-0.2, -0.15) is 0 Å². The van der Waals surface area contributed by atoms with Crippen LogP contribution in [-0.2, 0) is 27.8 Å². The minimum atomic E-state index is -3.62. The first kappa shape index (κ1) is 18.5. The van der Waals surface area contributed by atoms with Crippen molar-refractivity contribution in [3.63, 3.8) is 0 Å². The van der Waals surface area contributed by atoms with Crippen molar-refractivity contribution in [3.05, 3.63) is 77.9 Å². The van der Waals surface area contributed by atoms with E-state index < -0.39 is 10.0 Å². The Morgan fingerprint density at radius 1 is 0.964 bits per heavy atom. The molecule has 5 nitrogen and oxygen atoms in total. The van der Waals surface area contributed by atoms with Gasteiger partial charge in [0.2, 0.25) is 15.9 Å². The zero-order valence-corrected chi connectivity index (χ0v) is 16.5. The summed E-state index contributed by atoms with van der Waals surface area (Å²) in [7, 11) is -3.62. The van der Waals surface area contributed by atoms with E-state index in [1.165, 1.54) is 9.87 Å². The molecule has 1 aliphatic rings. The van der Waals surface area contributed by atoms with Crippen LogP contribution in [0.15, 0.2) is 66.7 Å². The number of rotatable bonds is 4. The Bertz CT molecular complexity index is 1140. The average molecular weight is 394 g/mol. The van der Waals surface area contributed by atoms with Gasteiger partial charge in [-0.15, -0.1) is 0 Å². The number of sulfonamides is 1. The maximum Gasteiger partial charge on any atom is 0.243 e. The van der Waals surface area contributed by atoms with Crippen LogP contribution in [0.2, 0.25) is 0 Å². The Hall–Kier alpha value is -2.86. The second-order valence-electron chi connectivity index (χ2n) is 7.10. The van der Waals surface area contributed by atoms with E-state index in [1.807, 2.05) is 54.6 Å². The molecule has 0 radical (unpaired) electrons. The number of amides is 1. The van der Waals surface area contributed by atoms with Crippen LogP contribution in [0.1, 0.15) is 11.1 Å². The molecule has 3 aromatic rings. The van der Waals surface area contributed by atoms with E-state index in [9.17, 15) is 13.2 Å². The van der Waals surface area contributed by atoms with E-state index in [2.05, 4.69) is 6.07 Å². The van der Waals surface area contributed by atoms with Crippen molar-refractivity contribution in [2.45, 2.75) is 13.0 Å². The number of carbonyl (C=O) groups is 1. The maximum absolute atomic E-state index is 13.0. The highest BCUT2D eigenvalue weighted by Crippen LogP contribution is 2.29. The molecule has 0 spiro atoms. The Kier molecular flexibility index (Phi) is 4.81. The Morgan fingerprint density at radius 2 is 1.64 bits per heavy atom. The molecule has 4 rings (SSSR count). The number of hydrogen-bond donors (Lipinski definition) is 0. The highest BCUT2D eigenvalue weighted by molar-refractivity contribution is 7.92. The highest BCUT2D eigenvalue weighted by Gasteiger charge is 2.27. The molecule has 28 heavy (non-hydrogen) atoms. The molecule has 0 N–H and O–H groups in total. The molecule has 0 saturated heterocycles. The second-order valence-corrected chi connectivity index (χ2v) is 9.01. The summed E-state index contributed by atoms with van der Waals surface area (Å²) in [6, 6.07) is 21.2. The lowest BCUT2D eigenvalue weighted by molar-refractivity contribution is -0.130. The van der Waals surface area contributed by atoms with Crippen LogP contribution in [0.3, 0.4) is 0 Å². The van der Waals surface area contributed by atoms with Gasteiger partial charge in [0.25, 0.3) is 0 Å². The summed E-state index contributed by atoms with van der Waals surface area (Å²) in [5, 5.41) is 1.75. The summed E-state index contributed by atoms with van der Waals surface area (Å²) in [4.78, 5) is 14.7. The van der Waals surface area contributed by atoms with Crippen molar-refractivity contribution in [1.82, 2.24) is 4.90 Å². The fourth-order valence-corrected chi connectivity index (χ4v) is 4.60. The minimum absolute atomic E-state index is 0.187. The van der Waals surface area contributed by atoms with Crippen LogP contribution < -0.4 is 4.31 Å². The van der Waals surface area contributed by atoms with Crippen molar-refractivity contribution < 1.29 is 13.2 Å². The lowest BCUT2D eigenvalue weighted by Crippen LogP contribution is -2.44. The van der Waals surface area contributed by atoms with Gasteiger partial charge < -0.3 is 4.90 Å². The third-order valence-electron chi connectivity index (χ3n) is 5.20. The van der Waals surface area contributed by atoms with Crippen LogP contribution in [0.5, 0.6) is 0 Å². The number of fused-ring (bicyclic) bond motifs is 2. The lowest BCUT2D eigenvalue weighted by Gasteiger charge is -2.31. The van der Waals surface area contributed by atoms with E-state index in [0.717, 1.165) is 29.0 Å². The van der Waals surface area contributed by atoms with Gasteiger partial charge in [0, 0.05) is 18.5 Å². The molecule has 1 heterocycles. The van der Waals surface area contributed by atoms with Crippen LogP contribution in [0, 0.1) is 0 Å². The first-order valence-corrected chi connectivity index (χ1v) is 11.1. The number of benzene rings is 3. The fourth-order valence-electron chi connectivity index (χ4n) is 3.74. The van der Waals surface area contributed by atoms with Gasteiger partial charge in [-0.05, 0) is 29.0 Å². The van der Waals surface area contributed by atoms with E-state index in [1.54, 1.807) is 11.0 Å². The minimum Gasteiger partial charge on any atom is -0.336 e. The van der Waals surface area contributed by atoms with E-state index in [4.69, 9.17) is 0 Å². The first-order chi connectivity index (χ1) is 13.4. The molecule has 0 aromatic heterocycles. The standard InChI is InChI=1S/C22H22N2O3S/c1-28(26,27)24(21-12-6-10-18-8-4-5-11-20(18)21)16-22(25)23-14-13-17-7-2-3-9-19(17)15-23/h2-12H,13-16H2,1H3. The van der Waals surface area contributed by atoms with Crippen molar-refractivity contribution in [2.24, 2.45) is 0 Å². The highest BCUT2D eigenvalue weighted by atomic mass is 32.2. The molecular weight excluding hydrogens is 372 g/mol. The molecule has 0 saturated carbocycles. The zero-order valence-electron chi connectivity index (χ0n) is 15.7. The van der Waals surface area contributed by atoms with Crippen LogP contribution >= 0.6 is 0 Å². The predicted octanol–water partition coefficient (Wildman–Crippen LogP) is 3.19. The van der Waals surface area contributed by atoms with Crippen LogP contribution in [0.4, 0.5) is 5.69 Å². The number of carbonyl (C=O) groups excluding carboxylic acids is 1. The monoisotopic (exact) mass is 394 g/mol. The van der Waals surface area contributed by atoms with Gasteiger partial charge in [-0.25, -0.2) is 8.42 Å². The van der Waals surface area contributed by atoms with Gasteiger partial charge in [0.15, 0.2) is 0 Å². The molecule has 0 aliphatic carbocycles. The van der Waals surface area contributed by atoms with E-state index in [0.29, 0.717) is 18.8 Å². The quantitative estimate of drug-likeness (QED) is 0.683. The second kappa shape index (κ2) is 7.28. The van der Waals surface area contributed by atoms with Gasteiger partial charge >= 0.3 is 0 Å². The summed E-state index contributed by atoms with van der Waals surface area (Å²) in [6.07, 6.45) is 1.93. The van der Waals surface area contributed by atoms with Gasteiger partial charge in [0.05, 0.1) is 11.9 Å². The van der Waals surface area contributed by atoms with Crippen molar-refractivity contribution in [1.29, 1.82) is 0 Å². The van der Waals surface area contributed by atoms with E-state index >= 15 is 0 Å². The molecule has 1 aliphatic heterocycles. The van der Waals surface area contributed by atoms with Gasteiger partial charge in [0.1, 0.15) is 6.54 Å². The Balaban J connectivity index is 1.64. The maximum atomic E-state index is 13.0. The Labute approximate surface area is 165 Å². The van der Waals surface area contributed by atoms with Crippen LogP contribution in [0.25, 0.3) is 10.8 Å². The summed E-state index contributed by atoms with van der Waals surface area (Å²) in [5.74, 6) is -0.187. The normalized spacial score (nSPS) is 14.0. The van der Waals surface area contributed by atoms with Gasteiger partial charge in [-0.3, -0.25) is 9.10 Å². The third-order valence-corrected chi connectivity index (χ3v) is 6.32. The average Bonchev–Trinajstić information content (AvgIpc) is 2.70. The molecule has 3 aromatic carbocycles. The SMILES string of the molecule is CS(=O)(=O)N(CC(=O)N1CCc2ccccc2C1)c1cccc2ccccc12. The summed E-state index contributed by atoms with van der Waals surface area (Å²) in [5.41, 5.74) is 2.91. The smallest absolute Gasteiger partial charge is 0.243 e. The van der Waals surface area contributed by atoms with Crippen molar-refractivity contribution in [2.75, 3.05) is 23.7 Å².